The molecule has 1 heterocycles. The quantitative estimate of drug-likeness (QED) is 0.411. The lowest BCUT2D eigenvalue weighted by Crippen LogP contribution is -2.15. The van der Waals surface area contributed by atoms with Crippen molar-refractivity contribution in [3.05, 3.63) is 11.5 Å². The SMILES string of the molecule is C=C1SC(=O)NC1=S. The summed E-state index contributed by atoms with van der Waals surface area (Å²) < 4.78 is 0. The van der Waals surface area contributed by atoms with Crippen molar-refractivity contribution < 1.29 is 4.79 Å². The Labute approximate surface area is 56.3 Å². The topological polar surface area (TPSA) is 29.1 Å². The molecule has 1 saturated heterocycles. The molecule has 0 aromatic rings. The first-order chi connectivity index (χ1) is 3.70. The zero-order valence-corrected chi connectivity index (χ0v) is 5.56. The summed E-state index contributed by atoms with van der Waals surface area (Å²) >= 11 is 5.71. The average molecular weight is 145 g/mol. The van der Waals surface area contributed by atoms with E-state index in [4.69, 9.17) is 0 Å². The summed E-state index contributed by atoms with van der Waals surface area (Å²) in [6.45, 7) is 3.52. The van der Waals surface area contributed by atoms with Gasteiger partial charge in [0, 0.05) is 4.91 Å². The first kappa shape index (κ1) is 5.78. The van der Waals surface area contributed by atoms with Crippen molar-refractivity contribution in [2.24, 2.45) is 0 Å². The molecule has 0 radical (unpaired) electrons. The van der Waals surface area contributed by atoms with E-state index in [-0.39, 0.29) is 5.24 Å². The maximum Gasteiger partial charge on any atom is 0.289 e. The van der Waals surface area contributed by atoms with E-state index in [1.54, 1.807) is 0 Å². The van der Waals surface area contributed by atoms with E-state index >= 15 is 0 Å². The summed E-state index contributed by atoms with van der Waals surface area (Å²) in [6, 6.07) is 0. The molecule has 1 N–H and O–H groups in total. The Kier molecular flexibility index (Phi) is 1.35. The zero-order chi connectivity index (χ0) is 6.15. The molecule has 4 heteroatoms. The lowest BCUT2D eigenvalue weighted by Gasteiger charge is -1.83. The number of rotatable bonds is 0. The molecule has 0 saturated carbocycles. The van der Waals surface area contributed by atoms with Crippen molar-refractivity contribution in [2.75, 3.05) is 0 Å². The third-order valence-electron chi connectivity index (χ3n) is 0.685. The lowest BCUT2D eigenvalue weighted by atomic mass is 10.6. The highest BCUT2D eigenvalue weighted by atomic mass is 32.2. The predicted molar refractivity (Wildman–Crippen MR) is 37.9 cm³/mol. The van der Waals surface area contributed by atoms with Crippen LogP contribution in [0.3, 0.4) is 0 Å². The van der Waals surface area contributed by atoms with Crippen LogP contribution in [-0.4, -0.2) is 10.2 Å². The molecule has 1 aliphatic rings. The Hall–Kier alpha value is -0.350. The van der Waals surface area contributed by atoms with Crippen molar-refractivity contribution in [2.45, 2.75) is 0 Å². The number of hydrogen-bond donors (Lipinski definition) is 1. The van der Waals surface area contributed by atoms with Crippen LogP contribution in [0.1, 0.15) is 0 Å². The maximum absolute atomic E-state index is 10.4. The second-order valence-electron chi connectivity index (χ2n) is 1.27. The monoisotopic (exact) mass is 145 g/mol. The van der Waals surface area contributed by atoms with Gasteiger partial charge in [-0.2, -0.15) is 0 Å². The first-order valence-corrected chi connectivity index (χ1v) is 3.14. The molecule has 1 amide bonds. The molecule has 2 nitrogen and oxygen atoms in total. The second kappa shape index (κ2) is 1.87. The standard InChI is InChI=1S/C4H3NOS2/c1-2-3(7)5-4(6)8-2/h1H2,(H,5,6,7). The number of thiocarbonyl (C=S) groups is 1. The summed E-state index contributed by atoms with van der Waals surface area (Å²) in [4.78, 5) is 11.5. The molecule has 0 spiro atoms. The third-order valence-corrected chi connectivity index (χ3v) is 1.90. The van der Waals surface area contributed by atoms with Crippen LogP contribution in [0.5, 0.6) is 0 Å². The molecule has 0 aromatic carbocycles. The van der Waals surface area contributed by atoms with Crippen LogP contribution in [0.4, 0.5) is 4.79 Å². The molecule has 8 heavy (non-hydrogen) atoms. The van der Waals surface area contributed by atoms with Crippen LogP contribution in [0, 0.1) is 0 Å². The fourth-order valence-corrected chi connectivity index (χ4v) is 1.15. The van der Waals surface area contributed by atoms with Crippen molar-refractivity contribution in [1.29, 1.82) is 0 Å². The van der Waals surface area contributed by atoms with Gasteiger partial charge in [0.1, 0.15) is 4.99 Å². The van der Waals surface area contributed by atoms with Crippen LogP contribution in [-0.2, 0) is 0 Å². The lowest BCUT2D eigenvalue weighted by molar-refractivity contribution is 0.265. The van der Waals surface area contributed by atoms with Crippen molar-refractivity contribution in [1.82, 2.24) is 5.32 Å². The van der Waals surface area contributed by atoms with Gasteiger partial charge < -0.3 is 5.32 Å². The summed E-state index contributed by atoms with van der Waals surface area (Å²) in [6.07, 6.45) is 0. The second-order valence-corrected chi connectivity index (χ2v) is 2.74. The van der Waals surface area contributed by atoms with Gasteiger partial charge in [-0.1, -0.05) is 18.8 Å². The number of amides is 1. The van der Waals surface area contributed by atoms with Crippen LogP contribution >= 0.6 is 24.0 Å². The number of carbonyl (C=O) groups excluding carboxylic acids is 1. The molecule has 1 fully saturated rings. The third kappa shape index (κ3) is 0.900. The Morgan fingerprint density at radius 2 is 2.38 bits per heavy atom. The summed E-state index contributed by atoms with van der Waals surface area (Å²) in [5, 5.41) is 2.30. The van der Waals surface area contributed by atoms with Crippen LogP contribution in [0.15, 0.2) is 11.5 Å². The van der Waals surface area contributed by atoms with Gasteiger partial charge in [0.25, 0.3) is 5.24 Å². The molecule has 42 valence electrons. The number of carbonyl (C=O) groups is 1. The van der Waals surface area contributed by atoms with E-state index in [1.165, 1.54) is 0 Å². The molecule has 0 aromatic heterocycles. The van der Waals surface area contributed by atoms with Gasteiger partial charge in [0.15, 0.2) is 0 Å². The minimum Gasteiger partial charge on any atom is -0.307 e. The van der Waals surface area contributed by atoms with Gasteiger partial charge in [-0.05, 0) is 11.8 Å². The van der Waals surface area contributed by atoms with Gasteiger partial charge >= 0.3 is 0 Å². The minimum atomic E-state index is -0.125. The Bertz CT molecular complexity index is 157. The maximum atomic E-state index is 10.4. The highest BCUT2D eigenvalue weighted by molar-refractivity contribution is 8.19. The smallest absolute Gasteiger partial charge is 0.289 e. The predicted octanol–water partition coefficient (Wildman–Crippen LogP) is 1.28. The van der Waals surface area contributed by atoms with Gasteiger partial charge in [0.2, 0.25) is 0 Å². The van der Waals surface area contributed by atoms with Gasteiger partial charge in [-0.15, -0.1) is 0 Å². The van der Waals surface area contributed by atoms with E-state index in [2.05, 4.69) is 24.1 Å². The molecule has 0 aliphatic carbocycles. The summed E-state index contributed by atoms with van der Waals surface area (Å²) in [5.74, 6) is 0. The van der Waals surface area contributed by atoms with Crippen LogP contribution in [0.25, 0.3) is 0 Å². The molecule has 1 aliphatic heterocycles. The van der Waals surface area contributed by atoms with Crippen molar-refractivity contribution >= 4 is 34.2 Å². The first-order valence-electron chi connectivity index (χ1n) is 1.92. The Balaban J connectivity index is 2.79. The van der Waals surface area contributed by atoms with Gasteiger partial charge in [-0.3, -0.25) is 4.79 Å². The molecular weight excluding hydrogens is 142 g/mol. The fourth-order valence-electron chi connectivity index (χ4n) is 0.346. The van der Waals surface area contributed by atoms with Gasteiger partial charge in [-0.25, -0.2) is 0 Å². The average Bonchev–Trinajstić information content (AvgIpc) is 1.85. The van der Waals surface area contributed by atoms with Gasteiger partial charge in [0.05, 0.1) is 0 Å². The molecule has 0 atom stereocenters. The Morgan fingerprint density at radius 1 is 1.75 bits per heavy atom. The van der Waals surface area contributed by atoms with E-state index in [1.807, 2.05) is 0 Å². The highest BCUT2D eigenvalue weighted by Crippen LogP contribution is 2.21. The molecule has 0 bridgehead atoms. The molecule has 1 rings (SSSR count). The Morgan fingerprint density at radius 3 is 2.50 bits per heavy atom. The van der Waals surface area contributed by atoms with Crippen molar-refractivity contribution in [3.63, 3.8) is 0 Å². The molecular formula is C4H3NOS2. The van der Waals surface area contributed by atoms with Crippen molar-refractivity contribution in [3.8, 4) is 0 Å². The van der Waals surface area contributed by atoms with E-state index in [9.17, 15) is 4.79 Å². The summed E-state index contributed by atoms with van der Waals surface area (Å²) in [5.41, 5.74) is 0. The van der Waals surface area contributed by atoms with E-state index < -0.39 is 0 Å². The number of nitrogens with one attached hydrogen (secondary N) is 1. The number of hydrogen-bond acceptors (Lipinski definition) is 3. The van der Waals surface area contributed by atoms with E-state index in [0.717, 1.165) is 11.8 Å². The normalized spacial score (nSPS) is 19.2. The number of thioether (sulfide) groups is 1. The molecule has 0 unspecified atom stereocenters. The van der Waals surface area contributed by atoms with Crippen LogP contribution in [0.2, 0.25) is 0 Å². The van der Waals surface area contributed by atoms with E-state index in [0.29, 0.717) is 9.89 Å². The minimum absolute atomic E-state index is 0.125. The highest BCUT2D eigenvalue weighted by Gasteiger charge is 2.18. The van der Waals surface area contributed by atoms with Crippen LogP contribution < -0.4 is 5.32 Å². The summed E-state index contributed by atoms with van der Waals surface area (Å²) in [7, 11) is 0. The zero-order valence-electron chi connectivity index (χ0n) is 3.93. The fraction of sp³-hybridized carbons (Fsp3) is 0. The largest absolute Gasteiger partial charge is 0.307 e.